The zero-order valence-electron chi connectivity index (χ0n) is 30.8. The molecule has 0 atom stereocenters. The number of rotatable bonds is 6. The van der Waals surface area contributed by atoms with Crippen molar-refractivity contribution >= 4 is 43.6 Å². The average Bonchev–Trinajstić information content (AvgIpc) is 3.68. The monoisotopic (exact) mass is 727 g/mol. The summed E-state index contributed by atoms with van der Waals surface area (Å²) >= 11 is 0. The minimum Gasteiger partial charge on any atom is -0.456 e. The number of nitrogens with zero attached hydrogens (tertiary/aromatic N) is 3. The Balaban J connectivity index is 1.10. The Morgan fingerprint density at radius 1 is 0.298 bits per heavy atom. The van der Waals surface area contributed by atoms with Crippen molar-refractivity contribution in [2.45, 2.75) is 0 Å². The molecule has 3 aromatic heterocycles. The molecular weight excluding hydrogens is 695 g/mol. The Morgan fingerprint density at radius 3 is 1.47 bits per heavy atom. The maximum atomic E-state index is 6.57. The number of aromatic nitrogens is 3. The average molecular weight is 728 g/mol. The molecule has 0 aliphatic carbocycles. The summed E-state index contributed by atoms with van der Waals surface area (Å²) in [6.07, 6.45) is 0. The van der Waals surface area contributed by atoms with Crippen molar-refractivity contribution in [3.63, 3.8) is 0 Å². The molecule has 266 valence electrons. The van der Waals surface area contributed by atoms with Crippen LogP contribution in [-0.2, 0) is 0 Å². The number of para-hydroxylation sites is 1. The van der Waals surface area contributed by atoms with Crippen LogP contribution >= 0.6 is 0 Å². The molecular formula is C53H33N3O. The molecule has 0 amide bonds. The van der Waals surface area contributed by atoms with Crippen molar-refractivity contribution in [2.24, 2.45) is 0 Å². The summed E-state index contributed by atoms with van der Waals surface area (Å²) in [6, 6.07) is 69.6. The van der Waals surface area contributed by atoms with Gasteiger partial charge in [0.1, 0.15) is 11.2 Å². The van der Waals surface area contributed by atoms with Crippen LogP contribution in [0.3, 0.4) is 0 Å². The maximum Gasteiger partial charge on any atom is 0.160 e. The minimum absolute atomic E-state index is 0.668. The van der Waals surface area contributed by atoms with Gasteiger partial charge in [0.15, 0.2) is 5.82 Å². The predicted octanol–water partition coefficient (Wildman–Crippen LogP) is 14.1. The van der Waals surface area contributed by atoms with E-state index in [0.717, 1.165) is 94.1 Å². The van der Waals surface area contributed by atoms with Crippen LogP contribution in [0.4, 0.5) is 0 Å². The first kappa shape index (κ1) is 32.7. The highest BCUT2D eigenvalue weighted by Crippen LogP contribution is 2.42. The van der Waals surface area contributed by atoms with Gasteiger partial charge in [-0.3, -0.25) is 0 Å². The second-order valence-corrected chi connectivity index (χ2v) is 14.4. The van der Waals surface area contributed by atoms with Crippen LogP contribution in [-0.4, -0.2) is 15.0 Å². The van der Waals surface area contributed by atoms with E-state index in [1.54, 1.807) is 0 Å². The van der Waals surface area contributed by atoms with E-state index in [4.69, 9.17) is 19.4 Å². The van der Waals surface area contributed by atoms with Gasteiger partial charge in [-0.1, -0.05) is 158 Å². The summed E-state index contributed by atoms with van der Waals surface area (Å²) in [6.45, 7) is 0. The van der Waals surface area contributed by atoms with E-state index in [2.05, 4.69) is 182 Å². The molecule has 3 heterocycles. The van der Waals surface area contributed by atoms with E-state index < -0.39 is 0 Å². The molecule has 0 saturated heterocycles. The lowest BCUT2D eigenvalue weighted by Gasteiger charge is -2.12. The molecule has 0 fully saturated rings. The van der Waals surface area contributed by atoms with Crippen LogP contribution in [0.2, 0.25) is 0 Å². The van der Waals surface area contributed by atoms with Gasteiger partial charge in [-0.05, 0) is 64.7 Å². The topological polar surface area (TPSA) is 51.8 Å². The molecule has 0 spiro atoms. The van der Waals surface area contributed by atoms with Crippen LogP contribution in [0.5, 0.6) is 0 Å². The van der Waals surface area contributed by atoms with Crippen molar-refractivity contribution in [1.82, 2.24) is 15.0 Å². The van der Waals surface area contributed by atoms with Gasteiger partial charge in [-0.2, -0.15) is 0 Å². The van der Waals surface area contributed by atoms with E-state index in [0.29, 0.717) is 5.82 Å². The molecule has 0 N–H and O–H groups in total. The van der Waals surface area contributed by atoms with E-state index in [1.165, 1.54) is 11.1 Å². The predicted molar refractivity (Wildman–Crippen MR) is 235 cm³/mol. The van der Waals surface area contributed by atoms with Gasteiger partial charge < -0.3 is 4.42 Å². The summed E-state index contributed by atoms with van der Waals surface area (Å²) in [5, 5.41) is 5.42. The highest BCUT2D eigenvalue weighted by atomic mass is 16.3. The van der Waals surface area contributed by atoms with Gasteiger partial charge in [0.2, 0.25) is 0 Å². The fraction of sp³-hybridized carbons (Fsp3) is 0. The van der Waals surface area contributed by atoms with Gasteiger partial charge in [-0.15, -0.1) is 0 Å². The number of fused-ring (bicyclic) bond motifs is 7. The largest absolute Gasteiger partial charge is 0.456 e. The third-order valence-electron chi connectivity index (χ3n) is 10.9. The van der Waals surface area contributed by atoms with Crippen LogP contribution in [0, 0.1) is 0 Å². The van der Waals surface area contributed by atoms with E-state index >= 15 is 0 Å². The van der Waals surface area contributed by atoms with Crippen LogP contribution in [0.25, 0.3) is 111 Å². The molecule has 0 bridgehead atoms. The number of pyridine rings is 1. The summed E-state index contributed by atoms with van der Waals surface area (Å²) in [4.78, 5) is 15.6. The lowest BCUT2D eigenvalue weighted by molar-refractivity contribution is 0.669. The molecule has 4 heteroatoms. The number of furan rings is 1. The van der Waals surface area contributed by atoms with Crippen molar-refractivity contribution in [3.8, 4) is 67.4 Å². The molecule has 0 aliphatic rings. The Kier molecular flexibility index (Phi) is 7.78. The van der Waals surface area contributed by atoms with E-state index in [1.807, 2.05) is 18.2 Å². The lowest BCUT2D eigenvalue weighted by Crippen LogP contribution is -1.96. The zero-order valence-corrected chi connectivity index (χ0v) is 30.8. The molecule has 57 heavy (non-hydrogen) atoms. The van der Waals surface area contributed by atoms with Crippen LogP contribution in [0.1, 0.15) is 0 Å². The Bertz CT molecular complexity index is 3150. The van der Waals surface area contributed by atoms with Crippen molar-refractivity contribution in [2.75, 3.05) is 0 Å². The molecule has 4 nitrogen and oxygen atoms in total. The van der Waals surface area contributed by atoms with Gasteiger partial charge in [-0.25, -0.2) is 15.0 Å². The molecule has 0 aliphatic heterocycles. The Hall–Kier alpha value is -7.69. The van der Waals surface area contributed by atoms with Gasteiger partial charge in [0.25, 0.3) is 0 Å². The van der Waals surface area contributed by atoms with Gasteiger partial charge in [0, 0.05) is 49.2 Å². The molecule has 8 aromatic carbocycles. The summed E-state index contributed by atoms with van der Waals surface area (Å²) in [5.74, 6) is 0.668. The van der Waals surface area contributed by atoms with Crippen molar-refractivity contribution in [1.29, 1.82) is 0 Å². The third-order valence-corrected chi connectivity index (χ3v) is 10.9. The highest BCUT2D eigenvalue weighted by Gasteiger charge is 2.19. The zero-order chi connectivity index (χ0) is 37.7. The smallest absolute Gasteiger partial charge is 0.160 e. The number of hydrogen-bond donors (Lipinski definition) is 0. The second kappa shape index (κ2) is 13.6. The molecule has 11 aromatic rings. The standard InChI is InChI=1S/C53H33N3O/c1-4-12-34(13-5-1)36-20-24-38(25-21-36)46-33-47(56-53(55-46)40-26-22-37(23-27-40)35-14-6-2-7-15-35)41-28-30-48-44(32-41)51-49(57-48)31-29-43-50(51)42-18-10-11-19-45(42)54-52(43)39-16-8-3-9-17-39/h1-33H. The van der Waals surface area contributed by atoms with Crippen LogP contribution in [0.15, 0.2) is 205 Å². The normalized spacial score (nSPS) is 11.5. The summed E-state index contributed by atoms with van der Waals surface area (Å²) in [7, 11) is 0. The minimum atomic E-state index is 0.668. The second-order valence-electron chi connectivity index (χ2n) is 14.4. The van der Waals surface area contributed by atoms with Crippen molar-refractivity contribution in [3.05, 3.63) is 200 Å². The molecule has 0 saturated carbocycles. The molecule has 0 unspecified atom stereocenters. The quantitative estimate of drug-likeness (QED) is 0.160. The van der Waals surface area contributed by atoms with Crippen LogP contribution < -0.4 is 0 Å². The Morgan fingerprint density at radius 2 is 0.807 bits per heavy atom. The lowest BCUT2D eigenvalue weighted by atomic mass is 9.95. The number of benzene rings is 8. The SMILES string of the molecule is c1ccc(-c2ccc(-c3cc(-c4ccc5oc6ccc7c(-c8ccccc8)nc8ccccc8c7c6c5c4)nc(-c4ccc(-c5ccccc5)cc4)n3)cc2)cc1. The number of hydrogen-bond acceptors (Lipinski definition) is 4. The van der Waals surface area contributed by atoms with Crippen molar-refractivity contribution < 1.29 is 4.42 Å². The molecule has 0 radical (unpaired) electrons. The van der Waals surface area contributed by atoms with E-state index in [-0.39, 0.29) is 0 Å². The summed E-state index contributed by atoms with van der Waals surface area (Å²) in [5.41, 5.74) is 14.0. The maximum absolute atomic E-state index is 6.57. The summed E-state index contributed by atoms with van der Waals surface area (Å²) < 4.78 is 6.57. The van der Waals surface area contributed by atoms with Gasteiger partial charge >= 0.3 is 0 Å². The first-order valence-electron chi connectivity index (χ1n) is 19.2. The first-order chi connectivity index (χ1) is 28.2. The fourth-order valence-electron chi connectivity index (χ4n) is 8.06. The third kappa shape index (κ3) is 5.83. The van der Waals surface area contributed by atoms with Gasteiger partial charge in [0.05, 0.1) is 22.6 Å². The highest BCUT2D eigenvalue weighted by molar-refractivity contribution is 6.28. The molecule has 11 rings (SSSR count). The first-order valence-corrected chi connectivity index (χ1v) is 19.2. The van der Waals surface area contributed by atoms with E-state index in [9.17, 15) is 0 Å². The Labute approximate surface area is 329 Å². The fourth-order valence-corrected chi connectivity index (χ4v) is 8.06.